The van der Waals surface area contributed by atoms with Crippen molar-refractivity contribution >= 4 is 27.5 Å². The third-order valence-corrected chi connectivity index (χ3v) is 3.79. The molecular weight excluding hydrogens is 332 g/mol. The Hall–Kier alpha value is -2.32. The van der Waals surface area contributed by atoms with Crippen LogP contribution in [0.5, 0.6) is 5.75 Å². The molecule has 4 nitrogen and oxygen atoms in total. The third kappa shape index (κ3) is 3.83. The van der Waals surface area contributed by atoms with E-state index >= 15 is 0 Å². The highest BCUT2D eigenvalue weighted by Gasteiger charge is 2.10. The summed E-state index contributed by atoms with van der Waals surface area (Å²) in [6.07, 6.45) is 0. The van der Waals surface area contributed by atoms with E-state index in [4.69, 9.17) is 10.00 Å². The van der Waals surface area contributed by atoms with Gasteiger partial charge in [0, 0.05) is 15.7 Å². The van der Waals surface area contributed by atoms with E-state index in [0.29, 0.717) is 17.0 Å². The minimum absolute atomic E-state index is 0.00292. The van der Waals surface area contributed by atoms with Gasteiger partial charge in [-0.1, -0.05) is 22.0 Å². The van der Waals surface area contributed by atoms with Gasteiger partial charge >= 0.3 is 0 Å². The fourth-order valence-electron chi connectivity index (χ4n) is 1.80. The summed E-state index contributed by atoms with van der Waals surface area (Å²) in [5.41, 5.74) is 2.18. The van der Waals surface area contributed by atoms with Gasteiger partial charge in [0.25, 0.3) is 5.91 Å². The summed E-state index contributed by atoms with van der Waals surface area (Å²) in [6, 6.07) is 14.3. The summed E-state index contributed by atoms with van der Waals surface area (Å²) >= 11 is 3.41. The molecule has 0 spiro atoms. The van der Waals surface area contributed by atoms with E-state index in [9.17, 15) is 4.79 Å². The van der Waals surface area contributed by atoms with E-state index < -0.39 is 0 Å². The molecule has 0 unspecified atom stereocenters. The van der Waals surface area contributed by atoms with Crippen LogP contribution in [-0.2, 0) is 0 Å². The van der Waals surface area contributed by atoms with Gasteiger partial charge in [-0.25, -0.2) is 0 Å². The molecule has 2 aromatic rings. The van der Waals surface area contributed by atoms with Gasteiger partial charge < -0.3 is 10.1 Å². The molecule has 1 amide bonds. The number of anilines is 1. The van der Waals surface area contributed by atoms with Crippen molar-refractivity contribution in [3.63, 3.8) is 0 Å². The van der Waals surface area contributed by atoms with Crippen LogP contribution in [0.25, 0.3) is 0 Å². The first-order chi connectivity index (χ1) is 10.1. The fraction of sp³-hybridized carbons (Fsp3) is 0.125. The second-order valence-corrected chi connectivity index (χ2v) is 5.19. The smallest absolute Gasteiger partial charge is 0.255 e. The van der Waals surface area contributed by atoms with Crippen LogP contribution in [0.1, 0.15) is 15.9 Å². The number of benzene rings is 2. The van der Waals surface area contributed by atoms with Crippen LogP contribution in [0.15, 0.2) is 46.9 Å². The van der Waals surface area contributed by atoms with Crippen LogP contribution in [0, 0.1) is 18.3 Å². The Bertz CT molecular complexity index is 690. The van der Waals surface area contributed by atoms with Gasteiger partial charge in [0.1, 0.15) is 11.8 Å². The van der Waals surface area contributed by atoms with Gasteiger partial charge in [0.05, 0.1) is 0 Å². The molecular formula is C16H13BrN2O2. The number of carbonyl (C=O) groups is 1. The van der Waals surface area contributed by atoms with Gasteiger partial charge in [0.15, 0.2) is 6.61 Å². The van der Waals surface area contributed by atoms with Crippen molar-refractivity contribution in [2.24, 2.45) is 0 Å². The van der Waals surface area contributed by atoms with Crippen LogP contribution in [-0.4, -0.2) is 12.5 Å². The topological polar surface area (TPSA) is 62.1 Å². The fourth-order valence-corrected chi connectivity index (χ4v) is 2.17. The van der Waals surface area contributed by atoms with Crippen molar-refractivity contribution in [3.8, 4) is 11.8 Å². The Labute approximate surface area is 131 Å². The van der Waals surface area contributed by atoms with E-state index in [-0.39, 0.29) is 12.5 Å². The minimum atomic E-state index is -0.167. The second-order valence-electron chi connectivity index (χ2n) is 4.34. The molecule has 0 radical (unpaired) electrons. The normalized spacial score (nSPS) is 9.76. The summed E-state index contributed by atoms with van der Waals surface area (Å²) in [6.45, 7) is 1.89. The first-order valence-electron chi connectivity index (χ1n) is 6.28. The molecule has 2 rings (SSSR count). The third-order valence-electron chi connectivity index (χ3n) is 2.93. The molecule has 0 saturated heterocycles. The van der Waals surface area contributed by atoms with Crippen molar-refractivity contribution in [1.82, 2.24) is 0 Å². The maximum Gasteiger partial charge on any atom is 0.255 e. The van der Waals surface area contributed by atoms with E-state index in [0.717, 1.165) is 10.0 Å². The number of hydrogen-bond donors (Lipinski definition) is 1. The summed E-state index contributed by atoms with van der Waals surface area (Å²) in [4.78, 5) is 12.2. The molecule has 0 heterocycles. The molecule has 21 heavy (non-hydrogen) atoms. The molecule has 2 aromatic carbocycles. The van der Waals surface area contributed by atoms with Gasteiger partial charge in [-0.05, 0) is 48.9 Å². The molecule has 0 aliphatic rings. The van der Waals surface area contributed by atoms with Crippen molar-refractivity contribution in [3.05, 3.63) is 58.1 Å². The maximum atomic E-state index is 12.2. The lowest BCUT2D eigenvalue weighted by Crippen LogP contribution is -2.13. The van der Waals surface area contributed by atoms with E-state index in [1.807, 2.05) is 25.1 Å². The molecule has 0 aliphatic heterocycles. The standard InChI is InChI=1S/C16H13BrN2O2/c1-11-14(3-2-4-15(11)17)16(20)19-12-5-7-13(8-6-12)21-10-9-18/h2-8H,10H2,1H3,(H,19,20). The number of halogens is 1. The first-order valence-corrected chi connectivity index (χ1v) is 7.07. The molecule has 0 fully saturated rings. The zero-order valence-electron chi connectivity index (χ0n) is 11.4. The van der Waals surface area contributed by atoms with Crippen LogP contribution in [0.4, 0.5) is 5.69 Å². The number of nitriles is 1. The quantitative estimate of drug-likeness (QED) is 0.914. The van der Waals surface area contributed by atoms with Crippen LogP contribution >= 0.6 is 15.9 Å². The lowest BCUT2D eigenvalue weighted by Gasteiger charge is -2.09. The highest BCUT2D eigenvalue weighted by Crippen LogP contribution is 2.21. The molecule has 0 bridgehead atoms. The number of nitrogens with zero attached hydrogens (tertiary/aromatic N) is 1. The van der Waals surface area contributed by atoms with Gasteiger partial charge in [-0.2, -0.15) is 5.26 Å². The predicted octanol–water partition coefficient (Wildman–Crippen LogP) is 3.91. The number of amides is 1. The van der Waals surface area contributed by atoms with E-state index in [2.05, 4.69) is 21.2 Å². The number of carbonyl (C=O) groups excluding carboxylic acids is 1. The molecule has 0 saturated carbocycles. The zero-order chi connectivity index (χ0) is 15.2. The summed E-state index contributed by atoms with van der Waals surface area (Å²) in [7, 11) is 0. The van der Waals surface area contributed by atoms with Crippen molar-refractivity contribution in [2.45, 2.75) is 6.92 Å². The van der Waals surface area contributed by atoms with Crippen LogP contribution < -0.4 is 10.1 Å². The molecule has 5 heteroatoms. The molecule has 0 aliphatic carbocycles. The molecule has 0 atom stereocenters. The van der Waals surface area contributed by atoms with E-state index in [1.54, 1.807) is 30.3 Å². The summed E-state index contributed by atoms with van der Waals surface area (Å²) < 4.78 is 6.05. The summed E-state index contributed by atoms with van der Waals surface area (Å²) in [5.74, 6) is 0.424. The Kier molecular flexibility index (Phi) is 4.96. The number of ether oxygens (including phenoxy) is 1. The lowest BCUT2D eigenvalue weighted by atomic mass is 10.1. The minimum Gasteiger partial charge on any atom is -0.479 e. The first kappa shape index (κ1) is 15.1. The molecule has 1 N–H and O–H groups in total. The average molecular weight is 345 g/mol. The Balaban J connectivity index is 2.09. The number of hydrogen-bond acceptors (Lipinski definition) is 3. The maximum absolute atomic E-state index is 12.2. The lowest BCUT2D eigenvalue weighted by molar-refractivity contribution is 0.102. The Morgan fingerprint density at radius 3 is 2.67 bits per heavy atom. The highest BCUT2D eigenvalue weighted by atomic mass is 79.9. The van der Waals surface area contributed by atoms with Crippen molar-refractivity contribution in [1.29, 1.82) is 5.26 Å². The molecule has 106 valence electrons. The largest absolute Gasteiger partial charge is 0.479 e. The van der Waals surface area contributed by atoms with Crippen molar-refractivity contribution < 1.29 is 9.53 Å². The van der Waals surface area contributed by atoms with Gasteiger partial charge in [-0.15, -0.1) is 0 Å². The predicted molar refractivity (Wildman–Crippen MR) is 84.4 cm³/mol. The Morgan fingerprint density at radius 1 is 1.29 bits per heavy atom. The Morgan fingerprint density at radius 2 is 2.00 bits per heavy atom. The van der Waals surface area contributed by atoms with Crippen LogP contribution in [0.3, 0.4) is 0 Å². The second kappa shape index (κ2) is 6.91. The molecule has 0 aromatic heterocycles. The summed E-state index contributed by atoms with van der Waals surface area (Å²) in [5, 5.41) is 11.3. The SMILES string of the molecule is Cc1c(Br)cccc1C(=O)Nc1ccc(OCC#N)cc1. The van der Waals surface area contributed by atoms with Crippen LogP contribution in [0.2, 0.25) is 0 Å². The zero-order valence-corrected chi connectivity index (χ0v) is 13.0. The van der Waals surface area contributed by atoms with Gasteiger partial charge in [-0.3, -0.25) is 4.79 Å². The van der Waals surface area contributed by atoms with E-state index in [1.165, 1.54) is 0 Å². The highest BCUT2D eigenvalue weighted by molar-refractivity contribution is 9.10. The average Bonchev–Trinajstić information content (AvgIpc) is 2.49. The number of nitrogens with one attached hydrogen (secondary N) is 1. The van der Waals surface area contributed by atoms with Gasteiger partial charge in [0.2, 0.25) is 0 Å². The monoisotopic (exact) mass is 344 g/mol. The van der Waals surface area contributed by atoms with Crippen molar-refractivity contribution in [2.75, 3.05) is 11.9 Å². The number of rotatable bonds is 4.